The number of ketones is 1. The molecular formula is C4H6ClNO2. The smallest absolute Gasteiger partial charge is 0.153 e. The van der Waals surface area contributed by atoms with Crippen molar-refractivity contribution >= 4 is 23.6 Å². The quantitative estimate of drug-likeness (QED) is 0.262. The zero-order chi connectivity index (χ0) is 6.57. The van der Waals surface area contributed by atoms with E-state index < -0.39 is 5.38 Å². The fourth-order valence-electron chi connectivity index (χ4n) is 0.163. The molecule has 0 aromatic carbocycles. The van der Waals surface area contributed by atoms with Gasteiger partial charge in [-0.1, -0.05) is 0 Å². The first-order valence-corrected chi connectivity index (χ1v) is 2.44. The van der Waals surface area contributed by atoms with Crippen molar-refractivity contribution in [2.24, 2.45) is 5.16 Å². The molecule has 1 atom stereocenters. The van der Waals surface area contributed by atoms with Gasteiger partial charge in [0, 0.05) is 0 Å². The Bertz CT molecular complexity index is 113. The average molecular weight is 136 g/mol. The lowest BCUT2D eigenvalue weighted by Gasteiger charge is -1.90. The molecule has 3 nitrogen and oxygen atoms in total. The van der Waals surface area contributed by atoms with Crippen LogP contribution in [0.4, 0.5) is 0 Å². The first-order valence-electron chi connectivity index (χ1n) is 2.00. The van der Waals surface area contributed by atoms with Gasteiger partial charge in [-0.2, -0.15) is 0 Å². The zero-order valence-corrected chi connectivity index (χ0v) is 5.09. The van der Waals surface area contributed by atoms with Crippen molar-refractivity contribution in [3.8, 4) is 0 Å². The molecule has 0 saturated heterocycles. The van der Waals surface area contributed by atoms with Crippen molar-refractivity contribution in [1.82, 2.24) is 0 Å². The molecule has 1 unspecified atom stereocenters. The Kier molecular flexibility index (Phi) is 3.19. The summed E-state index contributed by atoms with van der Waals surface area (Å²) < 4.78 is 0. The maximum atomic E-state index is 10.2. The Hall–Kier alpha value is -0.570. The third-order valence-electron chi connectivity index (χ3n) is 0.586. The summed E-state index contributed by atoms with van der Waals surface area (Å²) >= 11 is 5.26. The van der Waals surface area contributed by atoms with Gasteiger partial charge in [-0.15, -0.1) is 16.8 Å². The molecule has 46 valence electrons. The van der Waals surface area contributed by atoms with E-state index in [1.807, 2.05) is 0 Å². The van der Waals surface area contributed by atoms with Crippen molar-refractivity contribution in [3.05, 3.63) is 0 Å². The molecule has 0 rings (SSSR count). The predicted octanol–water partition coefficient (Wildman–Crippen LogP) is 0.643. The Morgan fingerprint density at radius 1 is 2.00 bits per heavy atom. The van der Waals surface area contributed by atoms with Crippen LogP contribution in [0.1, 0.15) is 6.92 Å². The van der Waals surface area contributed by atoms with Crippen LogP contribution >= 0.6 is 11.6 Å². The van der Waals surface area contributed by atoms with Gasteiger partial charge in [-0.05, 0) is 6.92 Å². The number of hydrogen-bond acceptors (Lipinski definition) is 3. The molecule has 4 heteroatoms. The van der Waals surface area contributed by atoms with E-state index in [0.29, 0.717) is 0 Å². The minimum absolute atomic E-state index is 0.232. The highest BCUT2D eigenvalue weighted by Crippen LogP contribution is 1.91. The zero-order valence-electron chi connectivity index (χ0n) is 4.34. The normalized spacial score (nSPS) is 14.2. The largest absolute Gasteiger partial charge is 0.411 e. The molecule has 0 heterocycles. The number of carbonyl (C=O) groups excluding carboxylic acids is 1. The van der Waals surface area contributed by atoms with Crippen molar-refractivity contribution < 1.29 is 10.0 Å². The fourth-order valence-corrected chi connectivity index (χ4v) is 0.214. The maximum absolute atomic E-state index is 10.2. The molecule has 0 aromatic rings. The SMILES string of the molecule is CC(=O)C(Cl)/C=N/O. The van der Waals surface area contributed by atoms with Gasteiger partial charge < -0.3 is 5.21 Å². The molecule has 0 aliphatic rings. The van der Waals surface area contributed by atoms with Gasteiger partial charge in [0.15, 0.2) is 5.78 Å². The van der Waals surface area contributed by atoms with Gasteiger partial charge >= 0.3 is 0 Å². The molecule has 0 radical (unpaired) electrons. The van der Waals surface area contributed by atoms with E-state index in [4.69, 9.17) is 16.8 Å². The van der Waals surface area contributed by atoms with Crippen molar-refractivity contribution in [3.63, 3.8) is 0 Å². The maximum Gasteiger partial charge on any atom is 0.153 e. The lowest BCUT2D eigenvalue weighted by atomic mass is 10.3. The fraction of sp³-hybridized carbons (Fsp3) is 0.500. The average Bonchev–Trinajstić information content (AvgIpc) is 1.67. The van der Waals surface area contributed by atoms with Gasteiger partial charge in [0.2, 0.25) is 0 Å². The van der Waals surface area contributed by atoms with Crippen LogP contribution in [-0.4, -0.2) is 22.6 Å². The Morgan fingerprint density at radius 2 is 2.50 bits per heavy atom. The minimum Gasteiger partial charge on any atom is -0.411 e. The second kappa shape index (κ2) is 3.43. The molecule has 0 aromatic heterocycles. The van der Waals surface area contributed by atoms with Crippen LogP contribution < -0.4 is 0 Å². The second-order valence-electron chi connectivity index (χ2n) is 1.28. The molecule has 8 heavy (non-hydrogen) atoms. The third kappa shape index (κ3) is 2.58. The van der Waals surface area contributed by atoms with Crippen molar-refractivity contribution in [2.75, 3.05) is 0 Å². The summed E-state index contributed by atoms with van der Waals surface area (Å²) in [6, 6.07) is 0. The Balaban J connectivity index is 3.64. The van der Waals surface area contributed by atoms with Crippen molar-refractivity contribution in [1.29, 1.82) is 0 Å². The molecule has 0 amide bonds. The van der Waals surface area contributed by atoms with E-state index >= 15 is 0 Å². The molecule has 0 fully saturated rings. The number of carbonyl (C=O) groups is 1. The summed E-state index contributed by atoms with van der Waals surface area (Å²) in [6.45, 7) is 1.32. The van der Waals surface area contributed by atoms with Gasteiger partial charge in [0.25, 0.3) is 0 Å². The molecule has 0 aliphatic heterocycles. The first-order chi connectivity index (χ1) is 3.68. The standard InChI is InChI=1S/C4H6ClNO2/c1-3(7)4(5)2-6-8/h2,4,8H,1H3/b6-2+. The second-order valence-corrected chi connectivity index (χ2v) is 1.75. The first kappa shape index (κ1) is 7.43. The summed E-state index contributed by atoms with van der Waals surface area (Å²) in [5.74, 6) is -0.232. The van der Waals surface area contributed by atoms with E-state index in [-0.39, 0.29) is 5.78 Å². The Labute approximate surface area is 51.9 Å². The highest BCUT2D eigenvalue weighted by molar-refractivity contribution is 6.39. The molecular weight excluding hydrogens is 130 g/mol. The lowest BCUT2D eigenvalue weighted by molar-refractivity contribution is -0.115. The summed E-state index contributed by atoms with van der Waals surface area (Å²) in [7, 11) is 0. The van der Waals surface area contributed by atoms with Crippen molar-refractivity contribution in [2.45, 2.75) is 12.3 Å². The van der Waals surface area contributed by atoms with Crippen LogP contribution in [0.3, 0.4) is 0 Å². The number of halogens is 1. The van der Waals surface area contributed by atoms with Gasteiger partial charge in [-0.25, -0.2) is 0 Å². The number of nitrogens with zero attached hydrogens (tertiary/aromatic N) is 1. The molecule has 0 saturated carbocycles. The lowest BCUT2D eigenvalue weighted by Crippen LogP contribution is -2.10. The minimum atomic E-state index is -0.792. The van der Waals surface area contributed by atoms with Gasteiger partial charge in [0.1, 0.15) is 5.38 Å². The van der Waals surface area contributed by atoms with Crippen LogP contribution in [0.15, 0.2) is 5.16 Å². The number of alkyl halides is 1. The molecule has 0 spiro atoms. The molecule has 0 aliphatic carbocycles. The van der Waals surface area contributed by atoms with Gasteiger partial charge in [0.05, 0.1) is 6.21 Å². The number of oxime groups is 1. The third-order valence-corrected chi connectivity index (χ3v) is 1.01. The highest BCUT2D eigenvalue weighted by atomic mass is 35.5. The van der Waals surface area contributed by atoms with E-state index in [2.05, 4.69) is 5.16 Å². The van der Waals surface area contributed by atoms with Gasteiger partial charge in [-0.3, -0.25) is 4.79 Å². The van der Waals surface area contributed by atoms with Crippen LogP contribution in [-0.2, 0) is 4.79 Å². The number of Topliss-reactive ketones (excluding diaryl/α,β-unsaturated/α-hetero) is 1. The van der Waals surface area contributed by atoms with E-state index in [1.54, 1.807) is 0 Å². The van der Waals surface area contributed by atoms with Crippen LogP contribution in [0.5, 0.6) is 0 Å². The summed E-state index contributed by atoms with van der Waals surface area (Å²) in [6.07, 6.45) is 0.962. The summed E-state index contributed by atoms with van der Waals surface area (Å²) in [5.41, 5.74) is 0. The topological polar surface area (TPSA) is 49.7 Å². The van der Waals surface area contributed by atoms with E-state index in [0.717, 1.165) is 6.21 Å². The number of hydrogen-bond donors (Lipinski definition) is 1. The molecule has 1 N–H and O–H groups in total. The highest BCUT2D eigenvalue weighted by Gasteiger charge is 2.04. The number of rotatable bonds is 2. The monoisotopic (exact) mass is 135 g/mol. The van der Waals surface area contributed by atoms with Crippen LogP contribution in [0.25, 0.3) is 0 Å². The van der Waals surface area contributed by atoms with E-state index in [9.17, 15) is 4.79 Å². The van der Waals surface area contributed by atoms with E-state index in [1.165, 1.54) is 6.92 Å². The summed E-state index contributed by atoms with van der Waals surface area (Å²) in [5, 5.41) is 9.61. The predicted molar refractivity (Wildman–Crippen MR) is 30.6 cm³/mol. The Morgan fingerprint density at radius 3 is 2.62 bits per heavy atom. The van der Waals surface area contributed by atoms with Crippen LogP contribution in [0.2, 0.25) is 0 Å². The molecule has 0 bridgehead atoms. The summed E-state index contributed by atoms with van der Waals surface area (Å²) in [4.78, 5) is 10.2. The van der Waals surface area contributed by atoms with Crippen LogP contribution in [0, 0.1) is 0 Å².